The van der Waals surface area contributed by atoms with E-state index in [0.29, 0.717) is 0 Å². The van der Waals surface area contributed by atoms with E-state index in [-0.39, 0.29) is 0 Å². The molecule has 0 saturated carbocycles. The summed E-state index contributed by atoms with van der Waals surface area (Å²) in [4.78, 5) is 1.32. The lowest BCUT2D eigenvalue weighted by molar-refractivity contribution is 0.165. The second-order valence-corrected chi connectivity index (χ2v) is 5.42. The molecule has 92 valence electrons. The summed E-state index contributed by atoms with van der Waals surface area (Å²) in [5, 5.41) is 12.3. The Kier molecular flexibility index (Phi) is 3.69. The van der Waals surface area contributed by atoms with Gasteiger partial charge in [0, 0.05) is 10.4 Å². The molecule has 17 heavy (non-hydrogen) atoms. The fourth-order valence-corrected chi connectivity index (χ4v) is 2.90. The number of thiophene rings is 1. The highest BCUT2D eigenvalue weighted by Gasteiger charge is 2.18. The molecule has 3 heteroatoms. The standard InChI is InChI=1S/C14H18O2S/c1-9-10(2)16-11(3)14(9)13(15)7-6-12-5-4-8-17-12/h4-5,8,13,15H,6-7H2,1-3H3. The minimum Gasteiger partial charge on any atom is -0.466 e. The largest absolute Gasteiger partial charge is 0.466 e. The number of aliphatic hydroxyl groups is 1. The van der Waals surface area contributed by atoms with Crippen LogP contribution in [0.4, 0.5) is 0 Å². The van der Waals surface area contributed by atoms with Crippen LogP contribution in [-0.4, -0.2) is 5.11 Å². The van der Waals surface area contributed by atoms with Gasteiger partial charge in [-0.15, -0.1) is 11.3 Å². The van der Waals surface area contributed by atoms with Crippen molar-refractivity contribution < 1.29 is 9.52 Å². The molecule has 0 spiro atoms. The summed E-state index contributed by atoms with van der Waals surface area (Å²) in [7, 11) is 0. The molecule has 0 saturated heterocycles. The van der Waals surface area contributed by atoms with Gasteiger partial charge in [-0.1, -0.05) is 6.07 Å². The smallest absolute Gasteiger partial charge is 0.107 e. The second-order valence-electron chi connectivity index (χ2n) is 4.39. The third-order valence-electron chi connectivity index (χ3n) is 3.20. The van der Waals surface area contributed by atoms with Gasteiger partial charge in [0.25, 0.3) is 0 Å². The monoisotopic (exact) mass is 250 g/mol. The summed E-state index contributed by atoms with van der Waals surface area (Å²) < 4.78 is 5.55. The lowest BCUT2D eigenvalue weighted by atomic mass is 10.0. The Morgan fingerprint density at radius 3 is 2.59 bits per heavy atom. The van der Waals surface area contributed by atoms with Gasteiger partial charge in [0.15, 0.2) is 0 Å². The zero-order valence-corrected chi connectivity index (χ0v) is 11.3. The van der Waals surface area contributed by atoms with Gasteiger partial charge >= 0.3 is 0 Å². The molecule has 1 atom stereocenters. The van der Waals surface area contributed by atoms with Crippen LogP contribution in [-0.2, 0) is 6.42 Å². The molecule has 2 nitrogen and oxygen atoms in total. The van der Waals surface area contributed by atoms with Crippen LogP contribution in [0.5, 0.6) is 0 Å². The van der Waals surface area contributed by atoms with Crippen molar-refractivity contribution in [3.05, 3.63) is 45.0 Å². The zero-order chi connectivity index (χ0) is 12.4. The van der Waals surface area contributed by atoms with E-state index in [1.54, 1.807) is 11.3 Å². The third kappa shape index (κ3) is 2.61. The Labute approximate surface area is 106 Å². The predicted octanol–water partition coefficient (Wildman–Crippen LogP) is 3.93. The van der Waals surface area contributed by atoms with Gasteiger partial charge in [-0.25, -0.2) is 0 Å². The van der Waals surface area contributed by atoms with E-state index in [1.807, 2.05) is 26.8 Å². The average Bonchev–Trinajstić information content (AvgIpc) is 2.86. The molecule has 1 unspecified atom stereocenters. The molecule has 2 aromatic heterocycles. The third-order valence-corrected chi connectivity index (χ3v) is 4.13. The topological polar surface area (TPSA) is 33.4 Å². The van der Waals surface area contributed by atoms with E-state index in [0.717, 1.165) is 35.5 Å². The molecule has 2 heterocycles. The summed E-state index contributed by atoms with van der Waals surface area (Å²) in [6.07, 6.45) is 1.25. The first-order valence-electron chi connectivity index (χ1n) is 5.86. The second kappa shape index (κ2) is 5.07. The first kappa shape index (κ1) is 12.4. The number of aliphatic hydroxyl groups excluding tert-OH is 1. The van der Waals surface area contributed by atoms with Crippen molar-refractivity contribution >= 4 is 11.3 Å². The minimum atomic E-state index is -0.422. The quantitative estimate of drug-likeness (QED) is 0.891. The Hall–Kier alpha value is -1.06. The van der Waals surface area contributed by atoms with Gasteiger partial charge in [0.1, 0.15) is 11.5 Å². The molecule has 0 radical (unpaired) electrons. The van der Waals surface area contributed by atoms with Gasteiger partial charge in [-0.3, -0.25) is 0 Å². The van der Waals surface area contributed by atoms with Crippen LogP contribution in [0.1, 0.15) is 40.0 Å². The fourth-order valence-electron chi connectivity index (χ4n) is 2.18. The SMILES string of the molecule is Cc1oc(C)c(C(O)CCc2cccs2)c1C. The van der Waals surface area contributed by atoms with Crippen molar-refractivity contribution in [1.29, 1.82) is 0 Å². The van der Waals surface area contributed by atoms with Crippen molar-refractivity contribution in [1.82, 2.24) is 0 Å². The average molecular weight is 250 g/mol. The lowest BCUT2D eigenvalue weighted by Crippen LogP contribution is -2.01. The first-order chi connectivity index (χ1) is 8.09. The van der Waals surface area contributed by atoms with E-state index in [1.165, 1.54) is 4.88 Å². The molecular weight excluding hydrogens is 232 g/mol. The number of aryl methyl sites for hydroxylation is 3. The normalized spacial score (nSPS) is 12.9. The van der Waals surface area contributed by atoms with Crippen LogP contribution in [0.15, 0.2) is 21.9 Å². The number of rotatable bonds is 4. The van der Waals surface area contributed by atoms with Crippen LogP contribution in [0, 0.1) is 20.8 Å². The van der Waals surface area contributed by atoms with Crippen molar-refractivity contribution in [3.8, 4) is 0 Å². The fraction of sp³-hybridized carbons (Fsp3) is 0.429. The van der Waals surface area contributed by atoms with E-state index >= 15 is 0 Å². The summed E-state index contributed by atoms with van der Waals surface area (Å²) in [6, 6.07) is 4.16. The summed E-state index contributed by atoms with van der Waals surface area (Å²) in [6.45, 7) is 5.87. The molecule has 0 fully saturated rings. The Morgan fingerprint density at radius 1 is 1.29 bits per heavy atom. The van der Waals surface area contributed by atoms with Crippen LogP contribution < -0.4 is 0 Å². The lowest BCUT2D eigenvalue weighted by Gasteiger charge is -2.10. The van der Waals surface area contributed by atoms with Crippen LogP contribution in [0.2, 0.25) is 0 Å². The van der Waals surface area contributed by atoms with Gasteiger partial charge in [-0.05, 0) is 50.6 Å². The molecule has 0 amide bonds. The molecule has 0 aromatic carbocycles. The molecule has 0 bridgehead atoms. The molecule has 1 N–H and O–H groups in total. The zero-order valence-electron chi connectivity index (χ0n) is 10.5. The van der Waals surface area contributed by atoms with Gasteiger partial charge in [0.05, 0.1) is 6.10 Å². The van der Waals surface area contributed by atoms with Crippen LogP contribution in [0.25, 0.3) is 0 Å². The van der Waals surface area contributed by atoms with Crippen LogP contribution >= 0.6 is 11.3 Å². The maximum atomic E-state index is 10.2. The van der Waals surface area contributed by atoms with Gasteiger partial charge in [-0.2, -0.15) is 0 Å². The van der Waals surface area contributed by atoms with E-state index in [4.69, 9.17) is 4.42 Å². The Balaban J connectivity index is 2.07. The predicted molar refractivity (Wildman–Crippen MR) is 70.5 cm³/mol. The Morgan fingerprint density at radius 2 is 2.06 bits per heavy atom. The van der Waals surface area contributed by atoms with Crippen molar-refractivity contribution in [2.75, 3.05) is 0 Å². The number of hydrogen-bond acceptors (Lipinski definition) is 3. The summed E-state index contributed by atoms with van der Waals surface area (Å²) in [5.74, 6) is 1.76. The molecule has 0 aliphatic heterocycles. The van der Waals surface area contributed by atoms with Gasteiger partial charge < -0.3 is 9.52 Å². The minimum absolute atomic E-state index is 0.422. The van der Waals surface area contributed by atoms with Gasteiger partial charge in [0.2, 0.25) is 0 Å². The first-order valence-corrected chi connectivity index (χ1v) is 6.74. The van der Waals surface area contributed by atoms with Crippen molar-refractivity contribution in [3.63, 3.8) is 0 Å². The summed E-state index contributed by atoms with van der Waals surface area (Å²) in [5.41, 5.74) is 2.06. The molecule has 0 aliphatic carbocycles. The van der Waals surface area contributed by atoms with E-state index in [2.05, 4.69) is 11.4 Å². The maximum absolute atomic E-state index is 10.2. The Bertz CT molecular complexity index is 483. The highest BCUT2D eigenvalue weighted by molar-refractivity contribution is 7.09. The maximum Gasteiger partial charge on any atom is 0.107 e. The highest BCUT2D eigenvalue weighted by Crippen LogP contribution is 2.30. The molecule has 2 aromatic rings. The number of furan rings is 1. The molecule has 0 aliphatic rings. The molecular formula is C14H18O2S. The van der Waals surface area contributed by atoms with E-state index < -0.39 is 6.10 Å². The summed E-state index contributed by atoms with van der Waals surface area (Å²) >= 11 is 1.74. The van der Waals surface area contributed by atoms with E-state index in [9.17, 15) is 5.11 Å². The molecule has 2 rings (SSSR count). The van der Waals surface area contributed by atoms with Crippen molar-refractivity contribution in [2.24, 2.45) is 0 Å². The van der Waals surface area contributed by atoms with Crippen LogP contribution in [0.3, 0.4) is 0 Å². The highest BCUT2D eigenvalue weighted by atomic mass is 32.1. The number of hydrogen-bond donors (Lipinski definition) is 1. The van der Waals surface area contributed by atoms with Crippen molar-refractivity contribution in [2.45, 2.75) is 39.7 Å².